The molecule has 1 saturated heterocycles. The van der Waals surface area contributed by atoms with Crippen LogP contribution in [-0.4, -0.2) is 46.9 Å². The van der Waals surface area contributed by atoms with E-state index in [1.54, 1.807) is 31.2 Å². The van der Waals surface area contributed by atoms with E-state index in [2.05, 4.69) is 10.0 Å². The third-order valence-electron chi connectivity index (χ3n) is 5.01. The van der Waals surface area contributed by atoms with Gasteiger partial charge >= 0.3 is 0 Å². The zero-order valence-electron chi connectivity index (χ0n) is 17.0. The Morgan fingerprint density at radius 3 is 2.45 bits per heavy atom. The van der Waals surface area contributed by atoms with Crippen molar-refractivity contribution in [3.05, 3.63) is 58.6 Å². The van der Waals surface area contributed by atoms with Crippen LogP contribution >= 0.6 is 11.6 Å². The van der Waals surface area contributed by atoms with Crippen LogP contribution in [0.5, 0.6) is 5.75 Å². The number of rotatable bonds is 7. The first-order chi connectivity index (χ1) is 14.4. The first kappa shape index (κ1) is 23.5. The van der Waals surface area contributed by atoms with Gasteiger partial charge in [0.15, 0.2) is 9.84 Å². The van der Waals surface area contributed by atoms with E-state index in [4.69, 9.17) is 16.3 Å². The molecular formula is C20H23ClN2O6S2. The summed E-state index contributed by atoms with van der Waals surface area (Å²) in [6.45, 7) is 1.68. The van der Waals surface area contributed by atoms with Crippen LogP contribution in [0.2, 0.25) is 5.02 Å². The zero-order chi connectivity index (χ0) is 22.9. The molecule has 1 amide bonds. The monoisotopic (exact) mass is 486 g/mol. The van der Waals surface area contributed by atoms with Crippen molar-refractivity contribution in [3.63, 3.8) is 0 Å². The second-order valence-corrected chi connectivity index (χ2v) is 12.0. The summed E-state index contributed by atoms with van der Waals surface area (Å²) in [6, 6.07) is 10.7. The molecule has 1 aliphatic rings. The Labute approximate surface area is 186 Å². The molecule has 0 spiro atoms. The van der Waals surface area contributed by atoms with Crippen LogP contribution in [-0.2, 0) is 26.4 Å². The Bertz CT molecular complexity index is 1200. The largest absolute Gasteiger partial charge is 0.495 e. The van der Waals surface area contributed by atoms with E-state index in [0.29, 0.717) is 17.0 Å². The molecule has 8 nitrogen and oxygen atoms in total. The van der Waals surface area contributed by atoms with Gasteiger partial charge in [-0.1, -0.05) is 23.7 Å². The average Bonchev–Trinajstić information content (AvgIpc) is 2.99. The van der Waals surface area contributed by atoms with Crippen LogP contribution < -0.4 is 14.8 Å². The van der Waals surface area contributed by atoms with Gasteiger partial charge in [-0.2, -0.15) is 0 Å². The van der Waals surface area contributed by atoms with Crippen molar-refractivity contribution in [3.8, 4) is 5.75 Å². The quantitative estimate of drug-likeness (QED) is 0.618. The van der Waals surface area contributed by atoms with Gasteiger partial charge in [0, 0.05) is 17.1 Å². The molecule has 31 heavy (non-hydrogen) atoms. The van der Waals surface area contributed by atoms with Gasteiger partial charge in [0.05, 0.1) is 24.2 Å². The number of ether oxygens (including phenoxy) is 1. The van der Waals surface area contributed by atoms with Crippen LogP contribution in [0.3, 0.4) is 0 Å². The SMILES string of the molecule is COc1ccc(C(=O)NC2(C)CCS(=O)(=O)C2)cc1S(=O)(=O)NCc1ccc(Cl)cc1. The molecule has 0 aliphatic carbocycles. The van der Waals surface area contributed by atoms with Gasteiger partial charge in [-0.05, 0) is 49.2 Å². The molecule has 11 heteroatoms. The summed E-state index contributed by atoms with van der Waals surface area (Å²) < 4.78 is 57.0. The highest BCUT2D eigenvalue weighted by Gasteiger charge is 2.39. The number of amides is 1. The fourth-order valence-corrected chi connectivity index (χ4v) is 6.77. The van der Waals surface area contributed by atoms with E-state index in [1.165, 1.54) is 25.3 Å². The van der Waals surface area contributed by atoms with Crippen molar-refractivity contribution < 1.29 is 26.4 Å². The minimum absolute atomic E-state index is 0.000635. The molecular weight excluding hydrogens is 464 g/mol. The molecule has 1 unspecified atom stereocenters. The highest BCUT2D eigenvalue weighted by molar-refractivity contribution is 7.91. The standard InChI is InChI=1S/C20H23ClN2O6S2/c1-20(9-10-30(25,26)13-20)23-19(24)15-5-8-17(29-2)18(11-15)31(27,28)22-12-14-3-6-16(21)7-4-14/h3-8,11,22H,9-10,12-13H2,1-2H3,(H,23,24). The highest BCUT2D eigenvalue weighted by atomic mass is 35.5. The smallest absolute Gasteiger partial charge is 0.251 e. The van der Waals surface area contributed by atoms with Crippen molar-refractivity contribution in [2.75, 3.05) is 18.6 Å². The third kappa shape index (κ3) is 5.76. The molecule has 1 atom stereocenters. The maximum atomic E-state index is 12.9. The number of halogens is 1. The van der Waals surface area contributed by atoms with Gasteiger partial charge in [-0.15, -0.1) is 0 Å². The van der Waals surface area contributed by atoms with Gasteiger partial charge in [-0.25, -0.2) is 21.6 Å². The summed E-state index contributed by atoms with van der Waals surface area (Å²) in [5, 5.41) is 3.26. The maximum Gasteiger partial charge on any atom is 0.251 e. The summed E-state index contributed by atoms with van der Waals surface area (Å²) in [7, 11) is -5.89. The van der Waals surface area contributed by atoms with Gasteiger partial charge in [-0.3, -0.25) is 4.79 Å². The van der Waals surface area contributed by atoms with Gasteiger partial charge < -0.3 is 10.1 Å². The Balaban J connectivity index is 1.82. The van der Waals surface area contributed by atoms with Gasteiger partial charge in [0.2, 0.25) is 10.0 Å². The van der Waals surface area contributed by atoms with Crippen molar-refractivity contribution in [2.24, 2.45) is 0 Å². The van der Waals surface area contributed by atoms with E-state index in [-0.39, 0.29) is 34.3 Å². The predicted molar refractivity (Wildman–Crippen MR) is 118 cm³/mol. The molecule has 168 valence electrons. The summed E-state index contributed by atoms with van der Waals surface area (Å²) >= 11 is 5.84. The topological polar surface area (TPSA) is 119 Å². The lowest BCUT2D eigenvalue weighted by Gasteiger charge is -2.24. The maximum absolute atomic E-state index is 12.9. The molecule has 0 aromatic heterocycles. The Morgan fingerprint density at radius 2 is 1.87 bits per heavy atom. The van der Waals surface area contributed by atoms with E-state index in [0.717, 1.165) is 0 Å². The minimum atomic E-state index is -4.01. The molecule has 1 heterocycles. The van der Waals surface area contributed by atoms with Crippen LogP contribution in [0.4, 0.5) is 0 Å². The second-order valence-electron chi connectivity index (χ2n) is 7.67. The van der Waals surface area contributed by atoms with Crippen LogP contribution in [0.25, 0.3) is 0 Å². The lowest BCUT2D eigenvalue weighted by Crippen LogP contribution is -2.47. The predicted octanol–water partition coefficient (Wildman–Crippen LogP) is 2.13. The van der Waals surface area contributed by atoms with Crippen LogP contribution in [0, 0.1) is 0 Å². The van der Waals surface area contributed by atoms with Gasteiger partial charge in [0.1, 0.15) is 10.6 Å². The number of sulfonamides is 1. The van der Waals surface area contributed by atoms with Gasteiger partial charge in [0.25, 0.3) is 5.91 Å². The van der Waals surface area contributed by atoms with Crippen molar-refractivity contribution in [1.82, 2.24) is 10.0 Å². The minimum Gasteiger partial charge on any atom is -0.495 e. The number of hydrogen-bond donors (Lipinski definition) is 2. The Kier molecular flexibility index (Phi) is 6.66. The molecule has 0 bridgehead atoms. The summed E-state index contributed by atoms with van der Waals surface area (Å²) in [5.74, 6) is -0.637. The third-order valence-corrected chi connectivity index (χ3v) is 8.59. The number of hydrogen-bond acceptors (Lipinski definition) is 6. The van der Waals surface area contributed by atoms with Crippen LogP contribution in [0.15, 0.2) is 47.4 Å². The van der Waals surface area contributed by atoms with E-state index >= 15 is 0 Å². The first-order valence-corrected chi connectivity index (χ1v) is 13.1. The molecule has 1 aliphatic heterocycles. The number of nitrogens with one attached hydrogen (secondary N) is 2. The lowest BCUT2D eigenvalue weighted by molar-refractivity contribution is 0.0915. The average molecular weight is 487 g/mol. The first-order valence-electron chi connectivity index (χ1n) is 9.38. The van der Waals surface area contributed by atoms with E-state index in [1.807, 2.05) is 0 Å². The van der Waals surface area contributed by atoms with Crippen molar-refractivity contribution in [2.45, 2.75) is 30.3 Å². The zero-order valence-corrected chi connectivity index (χ0v) is 19.4. The Hall–Kier alpha value is -2.14. The molecule has 0 radical (unpaired) electrons. The molecule has 2 aromatic carbocycles. The fourth-order valence-electron chi connectivity index (χ4n) is 3.34. The highest BCUT2D eigenvalue weighted by Crippen LogP contribution is 2.27. The lowest BCUT2D eigenvalue weighted by atomic mass is 10.0. The van der Waals surface area contributed by atoms with Crippen LogP contribution in [0.1, 0.15) is 29.3 Å². The number of sulfone groups is 1. The number of methoxy groups -OCH3 is 1. The molecule has 2 N–H and O–H groups in total. The normalized spacial score (nSPS) is 20.4. The molecule has 1 fully saturated rings. The van der Waals surface area contributed by atoms with E-state index < -0.39 is 31.3 Å². The summed E-state index contributed by atoms with van der Waals surface area (Å²) in [5.41, 5.74) is -0.115. The Morgan fingerprint density at radius 1 is 1.19 bits per heavy atom. The fraction of sp³-hybridized carbons (Fsp3) is 0.350. The van der Waals surface area contributed by atoms with Crippen molar-refractivity contribution >= 4 is 37.4 Å². The summed E-state index contributed by atoms with van der Waals surface area (Å²) in [4.78, 5) is 12.5. The van der Waals surface area contributed by atoms with E-state index in [9.17, 15) is 21.6 Å². The molecule has 2 aromatic rings. The summed E-state index contributed by atoms with van der Waals surface area (Å²) in [6.07, 6.45) is 0.297. The molecule has 0 saturated carbocycles. The number of benzene rings is 2. The number of carbonyl (C=O) groups is 1. The molecule has 3 rings (SSSR count). The second kappa shape index (κ2) is 8.78. The number of carbonyl (C=O) groups excluding carboxylic acids is 1. The van der Waals surface area contributed by atoms with Crippen molar-refractivity contribution in [1.29, 1.82) is 0 Å².